The van der Waals surface area contributed by atoms with Gasteiger partial charge in [0.25, 0.3) is 0 Å². The van der Waals surface area contributed by atoms with Crippen LogP contribution in [0.4, 0.5) is 0 Å². The number of pyridine rings is 1. The maximum absolute atomic E-state index is 12.2. The zero-order valence-electron chi connectivity index (χ0n) is 32.4. The van der Waals surface area contributed by atoms with Crippen molar-refractivity contribution < 1.29 is 34.4 Å². The van der Waals surface area contributed by atoms with E-state index in [1.54, 1.807) is 6.33 Å². The van der Waals surface area contributed by atoms with Crippen LogP contribution in [0.3, 0.4) is 0 Å². The number of aliphatic hydroxyl groups excluding tert-OH is 1. The number of fused-ring (bicyclic) bond motifs is 2. The largest absolute Gasteiger partial charge is 0.512 e. The second-order valence-electron chi connectivity index (χ2n) is 15.5. The number of nitrogens with zero attached hydrogens (tertiary/aromatic N) is 3. The van der Waals surface area contributed by atoms with E-state index in [0.717, 1.165) is 76.9 Å². The second-order valence-corrected chi connectivity index (χ2v) is 15.5. The number of rotatable bonds is 11. The van der Waals surface area contributed by atoms with Crippen LogP contribution in [0.1, 0.15) is 113 Å². The fourth-order valence-electron chi connectivity index (χ4n) is 5.95. The van der Waals surface area contributed by atoms with Crippen LogP contribution in [0, 0.1) is 22.8 Å². The minimum Gasteiger partial charge on any atom is -0.512 e. The maximum Gasteiger partial charge on any atom is 0.164 e. The first-order chi connectivity index (χ1) is 23.6. The molecule has 2 aromatic carbocycles. The summed E-state index contributed by atoms with van der Waals surface area (Å²) in [5, 5.41) is 13.5. The van der Waals surface area contributed by atoms with Crippen LogP contribution in [0.2, 0.25) is 0 Å². The van der Waals surface area contributed by atoms with E-state index in [-0.39, 0.29) is 47.9 Å². The van der Waals surface area contributed by atoms with Gasteiger partial charge in [-0.15, -0.1) is 29.1 Å². The molecule has 0 amide bonds. The van der Waals surface area contributed by atoms with Crippen molar-refractivity contribution in [2.75, 3.05) is 0 Å². The van der Waals surface area contributed by atoms with E-state index in [4.69, 9.17) is 4.42 Å². The van der Waals surface area contributed by atoms with Crippen molar-refractivity contribution in [2.45, 2.75) is 114 Å². The van der Waals surface area contributed by atoms with Crippen molar-refractivity contribution in [3.63, 3.8) is 0 Å². The monoisotopic (exact) mass is 867 g/mol. The second kappa shape index (κ2) is 17.2. The van der Waals surface area contributed by atoms with Crippen molar-refractivity contribution in [2.24, 2.45) is 16.7 Å². The van der Waals surface area contributed by atoms with Gasteiger partial charge in [0.15, 0.2) is 5.78 Å². The molecular weight excluding hydrogens is 811 g/mol. The number of ketones is 1. The first kappa shape index (κ1) is 41.7. The molecule has 0 aliphatic heterocycles. The molecule has 7 heteroatoms. The van der Waals surface area contributed by atoms with E-state index in [0.29, 0.717) is 5.92 Å². The van der Waals surface area contributed by atoms with Gasteiger partial charge >= 0.3 is 0 Å². The molecule has 0 spiro atoms. The summed E-state index contributed by atoms with van der Waals surface area (Å²) in [7, 11) is 0. The van der Waals surface area contributed by atoms with Gasteiger partial charge in [0.1, 0.15) is 23.4 Å². The Hall–Kier alpha value is -3.67. The van der Waals surface area contributed by atoms with Crippen molar-refractivity contribution >= 4 is 27.5 Å². The Balaban J connectivity index is 0.000000335. The van der Waals surface area contributed by atoms with Gasteiger partial charge in [-0.3, -0.25) is 14.8 Å². The number of carbonyl (C=O) groups excluding carboxylic acids is 1. The minimum absolute atomic E-state index is 0. The third-order valence-corrected chi connectivity index (χ3v) is 10.5. The third kappa shape index (κ3) is 9.81. The normalized spacial score (nSPS) is 12.5. The van der Waals surface area contributed by atoms with Crippen molar-refractivity contribution in [3.05, 3.63) is 90.3 Å². The van der Waals surface area contributed by atoms with Gasteiger partial charge in [0.05, 0.1) is 11.4 Å². The predicted molar refractivity (Wildman–Crippen MR) is 207 cm³/mol. The van der Waals surface area contributed by atoms with E-state index in [9.17, 15) is 9.90 Å². The maximum atomic E-state index is 12.2. The molecule has 5 aromatic rings. The average Bonchev–Trinajstić information content (AvgIpc) is 3.51. The van der Waals surface area contributed by atoms with E-state index < -0.39 is 0 Å². The van der Waals surface area contributed by atoms with Gasteiger partial charge in [0.2, 0.25) is 0 Å². The van der Waals surface area contributed by atoms with E-state index in [1.807, 2.05) is 59.9 Å². The van der Waals surface area contributed by atoms with Crippen molar-refractivity contribution in [1.82, 2.24) is 15.0 Å². The zero-order valence-corrected chi connectivity index (χ0v) is 34.8. The Morgan fingerprint density at radius 1 is 0.843 bits per heavy atom. The fraction of sp³-hybridized carbons (Fsp3) is 0.455. The number of benzene rings is 2. The molecule has 1 radical (unpaired) electrons. The minimum atomic E-state index is -0.337. The molecule has 0 saturated carbocycles. The molecule has 3 aromatic heterocycles. The Morgan fingerprint density at radius 2 is 1.45 bits per heavy atom. The molecule has 0 bridgehead atoms. The van der Waals surface area contributed by atoms with Gasteiger partial charge in [0, 0.05) is 66.8 Å². The fourth-order valence-corrected chi connectivity index (χ4v) is 5.95. The van der Waals surface area contributed by atoms with Crippen LogP contribution in [0.25, 0.3) is 44.4 Å². The quantitative estimate of drug-likeness (QED) is 0.0808. The number of hydrogen-bond donors (Lipinski definition) is 1. The van der Waals surface area contributed by atoms with Crippen LogP contribution in [0.5, 0.6) is 0 Å². The summed E-state index contributed by atoms with van der Waals surface area (Å²) in [4.78, 5) is 25.9. The molecule has 6 nitrogen and oxygen atoms in total. The number of allylic oxidation sites excluding steroid dienone is 2. The molecule has 275 valence electrons. The molecule has 0 unspecified atom stereocenters. The number of furan rings is 1. The summed E-state index contributed by atoms with van der Waals surface area (Å²) in [5.41, 5.74) is 4.84. The summed E-state index contributed by atoms with van der Waals surface area (Å²) in [5.74, 6) is 1.81. The first-order valence-electron chi connectivity index (χ1n) is 18.2. The third-order valence-electron chi connectivity index (χ3n) is 10.5. The molecule has 51 heavy (non-hydrogen) atoms. The summed E-state index contributed by atoms with van der Waals surface area (Å²) < 4.78 is 6.07. The summed E-state index contributed by atoms with van der Waals surface area (Å²) in [6, 6.07) is 20.2. The summed E-state index contributed by atoms with van der Waals surface area (Å²) >= 11 is 0. The van der Waals surface area contributed by atoms with Crippen LogP contribution >= 0.6 is 0 Å². The zero-order chi connectivity index (χ0) is 36.9. The molecule has 3 heterocycles. The molecule has 0 aliphatic carbocycles. The Kier molecular flexibility index (Phi) is 14.1. The number of aliphatic hydroxyl groups is 1. The molecule has 0 saturated heterocycles. The van der Waals surface area contributed by atoms with Gasteiger partial charge in [-0.1, -0.05) is 105 Å². The molecule has 0 aliphatic rings. The molecule has 5 rings (SSSR count). The SMILES string of the molecule is CC(C)Cc1cc2cnc(-c3cc(-c4[c-]c5ccccc5c(C(C)(C)C)c4)ncn3)cc2o1.CCC(C)(CC)C(=O)/C=C(\O)C(C)(CC)CC.[Ir]. The Labute approximate surface area is 319 Å². The van der Waals surface area contributed by atoms with E-state index in [1.165, 1.54) is 17.0 Å². The number of carbonyl (C=O) groups is 1. The van der Waals surface area contributed by atoms with E-state index in [2.05, 4.69) is 92.0 Å². The van der Waals surface area contributed by atoms with Gasteiger partial charge in [-0.25, -0.2) is 4.98 Å². The van der Waals surface area contributed by atoms with Crippen molar-refractivity contribution in [1.29, 1.82) is 0 Å². The smallest absolute Gasteiger partial charge is 0.164 e. The number of aromatic nitrogens is 3. The van der Waals surface area contributed by atoms with Crippen LogP contribution in [-0.4, -0.2) is 25.8 Å². The topological polar surface area (TPSA) is 89.1 Å². The first-order valence-corrected chi connectivity index (χ1v) is 18.2. The molecule has 0 atom stereocenters. The standard InChI is InChI=1S/C29H28N3O.C15H28O2.Ir/c1-18(2)10-22-12-21-16-30-27(15-28(21)33-22)26-14-25(31-17-32-26)20-11-19-8-6-7-9-23(19)24(13-20)29(3,4)5;1-7-14(5,8-2)12(16)11-13(17)15(6,9-3)10-4;/h6-9,12-18H,10H2,1-5H3;11,16H,7-10H2,1-6H3;/q-1;;/b;12-11-;. The predicted octanol–water partition coefficient (Wildman–Crippen LogP) is 12.0. The van der Waals surface area contributed by atoms with Crippen LogP contribution in [-0.2, 0) is 36.7 Å². The van der Waals surface area contributed by atoms with Gasteiger partial charge in [-0.05, 0) is 49.1 Å². The average molecular weight is 867 g/mol. The van der Waals surface area contributed by atoms with Gasteiger partial charge in [-0.2, -0.15) is 0 Å². The Bertz CT molecular complexity index is 1960. The summed E-state index contributed by atoms with van der Waals surface area (Å²) in [6.45, 7) is 23.2. The van der Waals surface area contributed by atoms with E-state index >= 15 is 0 Å². The molecular formula is C44H56IrN3O3-. The Morgan fingerprint density at radius 3 is 2.06 bits per heavy atom. The van der Waals surface area contributed by atoms with Crippen molar-refractivity contribution in [3.8, 4) is 22.6 Å². The van der Waals surface area contributed by atoms with Gasteiger partial charge < -0.3 is 9.52 Å². The van der Waals surface area contributed by atoms with Crippen LogP contribution in [0.15, 0.2) is 77.3 Å². The molecule has 1 N–H and O–H groups in total. The molecule has 0 fully saturated rings. The summed E-state index contributed by atoms with van der Waals surface area (Å²) in [6.07, 6.45) is 9.13. The van der Waals surface area contributed by atoms with Crippen LogP contribution < -0.4 is 0 Å². The number of hydrogen-bond acceptors (Lipinski definition) is 6.